The SMILES string of the molecule is CC1(C)[C@@H]2CC[C@@]1(C(=O)N[C@@H](c1ccccc1)[C@@H](NC(=O)[C@]13CC[C@H](C[C@H]1O)C3(C)C)c1ccccc1)[C@H](O)C2.CC1(C)[C@@H]2CC[C@@]1(C(=O)N[C@H](c1ccccc1)[C@H](NC(=O)[C@]13CC[C@H](C[C@H]1O)C3(C)C)c1ccccc1)[C@H](O)C2.II. The standard InChI is InChI=1S/2C34H44N2O4.I2/c2*1-31(2)23-15-17-33(31,25(37)19-23)29(39)35-27(21-11-7-5-8-12-21)28(22-13-9-6-10-14-22)36-30(40)34-18-16-24(20-26(34)38)32(34,3)4;1-2/h2*5-14,23-28,37-38H,15-20H2,1-4H3,(H,35,39)(H,36,40);/t23-,24-,25-,26-,27+,28+,33+,34+;23-,24-,25-,26-,27-,28-,33+,34+;/m11./s1. The van der Waals surface area contributed by atoms with E-state index in [0.29, 0.717) is 75.0 Å². The zero-order valence-corrected chi connectivity index (χ0v) is 53.5. The van der Waals surface area contributed by atoms with Crippen molar-refractivity contribution in [2.24, 2.45) is 67.0 Å². The van der Waals surface area contributed by atoms with Crippen molar-refractivity contribution in [3.8, 4) is 0 Å². The lowest BCUT2D eigenvalue weighted by atomic mass is 9.67. The molecule has 0 heterocycles. The number of carbonyl (C=O) groups is 4. The van der Waals surface area contributed by atoms with Crippen LogP contribution in [0.1, 0.15) is 179 Å². The van der Waals surface area contributed by atoms with Crippen molar-refractivity contribution in [1.82, 2.24) is 21.3 Å². The summed E-state index contributed by atoms with van der Waals surface area (Å²) in [5.74, 6) is 0.677. The molecule has 8 fully saturated rings. The Morgan fingerprint density at radius 1 is 0.354 bits per heavy atom. The highest BCUT2D eigenvalue weighted by atomic mass is 128. The molecule has 0 aliphatic heterocycles. The van der Waals surface area contributed by atoms with E-state index >= 15 is 0 Å². The van der Waals surface area contributed by atoms with E-state index in [-0.39, 0.29) is 45.3 Å². The van der Waals surface area contributed by atoms with E-state index in [4.69, 9.17) is 0 Å². The first-order chi connectivity index (χ1) is 38.9. The fourth-order valence-corrected chi connectivity index (χ4v) is 19.1. The molecule has 8 bridgehead atoms. The Bertz CT molecular complexity index is 2570. The van der Waals surface area contributed by atoms with Crippen LogP contribution in [0.2, 0.25) is 0 Å². The second kappa shape index (κ2) is 22.7. The topological polar surface area (TPSA) is 197 Å². The van der Waals surface area contributed by atoms with Gasteiger partial charge in [0.05, 0.1) is 70.2 Å². The molecule has 12 rings (SSSR count). The Morgan fingerprint density at radius 2 is 0.524 bits per heavy atom. The lowest BCUT2D eigenvalue weighted by molar-refractivity contribution is -0.147. The van der Waals surface area contributed by atoms with E-state index in [1.165, 1.54) is 0 Å². The van der Waals surface area contributed by atoms with Gasteiger partial charge < -0.3 is 41.7 Å². The summed E-state index contributed by atoms with van der Waals surface area (Å²) in [4.78, 5) is 57.5. The number of rotatable bonds is 14. The van der Waals surface area contributed by atoms with E-state index in [1.807, 2.05) is 121 Å². The normalized spacial score (nSPS) is 35.4. The molecule has 8 aliphatic carbocycles. The van der Waals surface area contributed by atoms with E-state index in [9.17, 15) is 39.6 Å². The number of nitrogens with one attached hydrogen (secondary N) is 4. The van der Waals surface area contributed by atoms with Crippen LogP contribution in [0.25, 0.3) is 0 Å². The van der Waals surface area contributed by atoms with Crippen molar-refractivity contribution in [2.45, 2.75) is 181 Å². The lowest BCUT2D eigenvalue weighted by Gasteiger charge is -2.43. The molecule has 0 saturated heterocycles. The maximum Gasteiger partial charge on any atom is 0.229 e. The number of amides is 4. The van der Waals surface area contributed by atoms with Gasteiger partial charge in [0.2, 0.25) is 23.6 Å². The molecule has 14 heteroatoms. The van der Waals surface area contributed by atoms with E-state index in [2.05, 4.69) is 114 Å². The number of aliphatic hydroxyl groups excluding tert-OH is 4. The molecule has 4 amide bonds. The summed E-state index contributed by atoms with van der Waals surface area (Å²) in [5.41, 5.74) is -1.20. The van der Waals surface area contributed by atoms with Gasteiger partial charge in [0, 0.05) is 37.2 Å². The zero-order chi connectivity index (χ0) is 59.0. The maximum absolute atomic E-state index is 14.4. The van der Waals surface area contributed by atoms with Crippen LogP contribution in [0.4, 0.5) is 0 Å². The van der Waals surface area contributed by atoms with Gasteiger partial charge in [0.15, 0.2) is 0 Å². The molecule has 442 valence electrons. The van der Waals surface area contributed by atoms with Crippen LogP contribution < -0.4 is 21.3 Å². The average Bonchev–Trinajstić information content (AvgIpc) is 1.94. The maximum atomic E-state index is 14.4. The highest BCUT2D eigenvalue weighted by Crippen LogP contribution is 2.69. The van der Waals surface area contributed by atoms with Gasteiger partial charge in [-0.15, -0.1) is 0 Å². The first-order valence-electron chi connectivity index (χ1n) is 30.2. The Hall–Kier alpha value is -3.94. The van der Waals surface area contributed by atoms with Gasteiger partial charge in [0.1, 0.15) is 0 Å². The number of carbonyl (C=O) groups excluding carboxylic acids is 4. The van der Waals surface area contributed by atoms with Gasteiger partial charge in [0.25, 0.3) is 0 Å². The third kappa shape index (κ3) is 9.18. The molecule has 8 aliphatic rings. The van der Waals surface area contributed by atoms with Gasteiger partial charge in [-0.2, -0.15) is 0 Å². The minimum Gasteiger partial charge on any atom is -0.392 e. The minimum absolute atomic E-state index is 0.144. The highest BCUT2D eigenvalue weighted by Gasteiger charge is 2.71. The monoisotopic (exact) mass is 1340 g/mol. The summed E-state index contributed by atoms with van der Waals surface area (Å²) in [6.45, 7) is 16.9. The van der Waals surface area contributed by atoms with Crippen LogP contribution in [0.15, 0.2) is 121 Å². The largest absolute Gasteiger partial charge is 0.392 e. The van der Waals surface area contributed by atoms with Gasteiger partial charge in [-0.25, -0.2) is 0 Å². The van der Waals surface area contributed by atoms with Gasteiger partial charge in [-0.1, -0.05) is 177 Å². The Labute approximate surface area is 509 Å². The summed E-state index contributed by atoms with van der Waals surface area (Å²) in [6, 6.07) is 36.9. The zero-order valence-electron chi connectivity index (χ0n) is 49.1. The quantitative estimate of drug-likeness (QED) is 0.0571. The van der Waals surface area contributed by atoms with Crippen molar-refractivity contribution in [3.63, 3.8) is 0 Å². The first-order valence-corrected chi connectivity index (χ1v) is 36.5. The molecule has 0 spiro atoms. The van der Waals surface area contributed by atoms with Crippen LogP contribution in [0.5, 0.6) is 0 Å². The van der Waals surface area contributed by atoms with Gasteiger partial charge in [-0.3, -0.25) is 19.2 Å². The summed E-state index contributed by atoms with van der Waals surface area (Å²) >= 11 is 4.24. The predicted octanol–water partition coefficient (Wildman–Crippen LogP) is 11.9. The molecule has 0 radical (unpaired) electrons. The average molecular weight is 1340 g/mol. The molecular weight excluding hydrogens is 1250 g/mol. The number of hydrogen-bond donors (Lipinski definition) is 8. The Morgan fingerprint density at radius 3 is 0.659 bits per heavy atom. The molecular formula is C68H88I2N4O8. The number of benzene rings is 4. The third-order valence-electron chi connectivity index (χ3n) is 24.6. The fourth-order valence-electron chi connectivity index (χ4n) is 19.1. The van der Waals surface area contributed by atoms with Crippen LogP contribution in [-0.4, -0.2) is 68.5 Å². The second-order valence-corrected chi connectivity index (χ2v) is 28.2. The predicted molar refractivity (Wildman–Crippen MR) is 336 cm³/mol. The molecule has 16 atom stereocenters. The lowest BCUT2D eigenvalue weighted by Crippen LogP contribution is -2.56. The van der Waals surface area contributed by atoms with Crippen molar-refractivity contribution < 1.29 is 39.6 Å². The fraction of sp³-hybridized carbons (Fsp3) is 0.588. The van der Waals surface area contributed by atoms with Gasteiger partial charge in [-0.05, 0) is 145 Å². The third-order valence-corrected chi connectivity index (χ3v) is 24.6. The van der Waals surface area contributed by atoms with E-state index < -0.39 is 70.2 Å². The molecule has 8 N–H and O–H groups in total. The number of halogens is 2. The smallest absolute Gasteiger partial charge is 0.229 e. The Balaban J connectivity index is 0.000000178. The van der Waals surface area contributed by atoms with Crippen molar-refractivity contribution in [3.05, 3.63) is 144 Å². The van der Waals surface area contributed by atoms with Crippen LogP contribution in [0.3, 0.4) is 0 Å². The summed E-state index contributed by atoms with van der Waals surface area (Å²) in [6.07, 6.45) is 6.19. The molecule has 82 heavy (non-hydrogen) atoms. The number of hydrogen-bond acceptors (Lipinski definition) is 8. The minimum atomic E-state index is -0.864. The molecule has 0 aromatic heterocycles. The summed E-state index contributed by atoms with van der Waals surface area (Å²) in [5, 5.41) is 58.3. The molecule has 4 aromatic carbocycles. The summed E-state index contributed by atoms with van der Waals surface area (Å²) < 4.78 is 0. The molecule has 12 nitrogen and oxygen atoms in total. The number of aliphatic hydroxyl groups is 4. The van der Waals surface area contributed by atoms with Crippen LogP contribution >= 0.6 is 37.2 Å². The van der Waals surface area contributed by atoms with E-state index in [1.54, 1.807) is 0 Å². The number of fused-ring (bicyclic) bond motifs is 8. The second-order valence-electron chi connectivity index (χ2n) is 28.2. The first kappa shape index (κ1) is 61.2. The highest BCUT2D eigenvalue weighted by molar-refractivity contribution is 15.0. The molecule has 8 saturated carbocycles. The molecule has 0 unspecified atom stereocenters. The van der Waals surface area contributed by atoms with Crippen molar-refractivity contribution in [1.29, 1.82) is 0 Å². The summed E-state index contributed by atoms with van der Waals surface area (Å²) in [7, 11) is 0. The van der Waals surface area contributed by atoms with Crippen molar-refractivity contribution >= 4 is 60.9 Å². The van der Waals surface area contributed by atoms with Crippen LogP contribution in [0, 0.1) is 67.0 Å². The molecule has 4 aromatic rings. The Kier molecular flexibility index (Phi) is 16.9. The van der Waals surface area contributed by atoms with E-state index in [0.717, 1.165) is 47.9 Å². The van der Waals surface area contributed by atoms with Crippen molar-refractivity contribution in [2.75, 3.05) is 0 Å². The van der Waals surface area contributed by atoms with Gasteiger partial charge >= 0.3 is 0 Å². The van der Waals surface area contributed by atoms with Crippen LogP contribution in [-0.2, 0) is 19.2 Å².